The van der Waals surface area contributed by atoms with Crippen LogP contribution in [-0.2, 0) is 46.1 Å². The van der Waals surface area contributed by atoms with Crippen LogP contribution in [0.4, 0.5) is 0 Å². The fourth-order valence-electron chi connectivity index (χ4n) is 16.1. The van der Waals surface area contributed by atoms with Gasteiger partial charge in [0.1, 0.15) is 69.0 Å². The molecule has 0 saturated heterocycles. The molecule has 0 aliphatic heterocycles. The second-order valence-corrected chi connectivity index (χ2v) is 41.3. The Hall–Kier alpha value is -17.5. The summed E-state index contributed by atoms with van der Waals surface area (Å²) in [6.45, 7) is 7.52. The summed E-state index contributed by atoms with van der Waals surface area (Å²) in [5.41, 5.74) is 11.6. The van der Waals surface area contributed by atoms with Gasteiger partial charge >= 0.3 is 0 Å². The molecule has 0 unspecified atom stereocenters. The van der Waals surface area contributed by atoms with Crippen molar-refractivity contribution < 1.29 is 95.4 Å². The topological polar surface area (TPSA) is 315 Å². The molecule has 0 atom stereocenters. The molecule has 0 spiro atoms. The van der Waals surface area contributed by atoms with E-state index in [1.165, 1.54) is 152 Å². The van der Waals surface area contributed by atoms with Gasteiger partial charge in [0.05, 0.1) is 34.3 Å². The number of rotatable bonds is 34. The number of aryl methyl sites for hydroxylation is 4. The van der Waals surface area contributed by atoms with Crippen LogP contribution < -0.4 is 28.4 Å². The van der Waals surface area contributed by atoms with Crippen molar-refractivity contribution in [2.75, 3.05) is 0 Å². The smallest absolute Gasteiger partial charge is 0.294 e. The fourth-order valence-corrected chi connectivity index (χ4v) is 20.4. The van der Waals surface area contributed by atoms with Crippen LogP contribution in [-0.4, -0.2) is 72.9 Å². The molecule has 0 amide bonds. The quantitative estimate of drug-likeness (QED) is 0.0289. The van der Waals surface area contributed by atoms with Gasteiger partial charge in [-0.15, -0.1) is 0 Å². The Labute approximate surface area is 831 Å². The van der Waals surface area contributed by atoms with Crippen LogP contribution in [0.3, 0.4) is 0 Å². The van der Waals surface area contributed by atoms with Crippen LogP contribution in [0, 0.1) is 27.7 Å². The van der Waals surface area contributed by atoms with E-state index in [1.807, 2.05) is 82.3 Å². The van der Waals surface area contributed by atoms with Crippen LogP contribution in [0.2, 0.25) is 0 Å². The van der Waals surface area contributed by atoms with Crippen molar-refractivity contribution in [1.29, 1.82) is 0 Å². The predicted octanol–water partition coefficient (Wildman–Crippen LogP) is 26.1. The molecule has 18 aromatic carbocycles. The molecule has 18 aromatic rings. The second-order valence-electron chi connectivity index (χ2n) is 34.0. The average molecular weight is 1980 g/mol. The van der Waals surface area contributed by atoms with Crippen molar-refractivity contribution in [2.24, 2.45) is 0 Å². The van der Waals surface area contributed by atoms with Crippen LogP contribution in [0.1, 0.15) is 129 Å². The zero-order valence-corrected chi connectivity index (χ0v) is 80.6. The van der Waals surface area contributed by atoms with Gasteiger partial charge in [-0.2, -0.15) is 8.42 Å². The molecule has 0 bridgehead atoms. The first-order valence-corrected chi connectivity index (χ1v) is 51.0. The van der Waals surface area contributed by atoms with Gasteiger partial charge in [-0.05, 0) is 389 Å². The summed E-state index contributed by atoms with van der Waals surface area (Å²) in [6, 6.07) is 111. The van der Waals surface area contributed by atoms with E-state index < -0.39 is 50.3 Å². The molecule has 21 nitrogen and oxygen atoms in total. The van der Waals surface area contributed by atoms with Crippen LogP contribution in [0.25, 0.3) is 11.1 Å². The molecule has 25 heteroatoms. The lowest BCUT2D eigenvalue weighted by Crippen LogP contribution is -2.07. The highest BCUT2D eigenvalue weighted by Crippen LogP contribution is 2.38. The van der Waals surface area contributed by atoms with E-state index in [9.17, 15) is 67.0 Å². The second kappa shape index (κ2) is 41.1. The normalized spacial score (nSPS) is 11.5. The number of sulfone groups is 3. The molecule has 0 aromatic heterocycles. The highest BCUT2D eigenvalue weighted by molar-refractivity contribution is 7.92. The van der Waals surface area contributed by atoms with Gasteiger partial charge in [-0.25, -0.2) is 25.3 Å². The number of ketones is 6. The molecule has 1 N–H and O–H groups in total. The number of carbonyl (C=O) groups excluding carboxylic acids is 6. The van der Waals surface area contributed by atoms with Crippen molar-refractivity contribution in [2.45, 2.75) is 68.4 Å². The highest BCUT2D eigenvalue weighted by Gasteiger charge is 2.27. The Morgan fingerprint density at radius 3 is 0.729 bits per heavy atom. The zero-order chi connectivity index (χ0) is 101. The zero-order valence-electron chi connectivity index (χ0n) is 77.3. The summed E-state index contributed by atoms with van der Waals surface area (Å²) in [5.74, 6) is 3.26. The van der Waals surface area contributed by atoms with Gasteiger partial charge in [-0.1, -0.05) is 108 Å². The van der Waals surface area contributed by atoms with Crippen molar-refractivity contribution in [1.82, 2.24) is 0 Å². The molecule has 0 aliphatic rings. The Balaban J connectivity index is 0.414. The van der Waals surface area contributed by atoms with Crippen molar-refractivity contribution >= 4 is 74.3 Å². The highest BCUT2D eigenvalue weighted by atomic mass is 32.2. The van der Waals surface area contributed by atoms with E-state index in [-0.39, 0.29) is 75.4 Å². The number of ether oxygens (including phenoxy) is 6. The molecule has 710 valence electrons. The maximum atomic E-state index is 14.1. The SMILES string of the molecule is Cc1ccc(C)c(C(=O)c2ccc(Oc3ccc(S(=O)(=O)c4ccc(Oc5ccc(S(=O)(=O)c6ccc(Oc7ccc(S(=O)(=O)c8ccc(Oc9ccc(C(=O)c%10cc(Cc%11ccc(C(=O)c%12ccc(Oc%13ccc(C(=O)c%14ccc(Oc%15ccc(C(=O)c%16ccc(-c%17ccc(C)cc%17C(=O)c%17cccc(S(=O)(=O)O)c%17)cc%16)cc%15)cc%14)cc%13)cc%12)cc%11)ccc%10C)cc9)cc8)cc7)cc6)cc5)cc4)cc3)cc2)c1. The van der Waals surface area contributed by atoms with Gasteiger partial charge in [0.25, 0.3) is 10.1 Å². The van der Waals surface area contributed by atoms with Crippen molar-refractivity contribution in [3.05, 3.63) is 519 Å². The minimum Gasteiger partial charge on any atom is -0.457 e. The van der Waals surface area contributed by atoms with E-state index in [1.54, 1.807) is 206 Å². The van der Waals surface area contributed by atoms with E-state index in [2.05, 4.69) is 0 Å². The molecule has 0 heterocycles. The van der Waals surface area contributed by atoms with Crippen molar-refractivity contribution in [3.8, 4) is 80.1 Å². The molecule has 18 rings (SSSR count). The van der Waals surface area contributed by atoms with E-state index in [0.29, 0.717) is 136 Å². The van der Waals surface area contributed by atoms with E-state index in [0.717, 1.165) is 39.4 Å². The van der Waals surface area contributed by atoms with Gasteiger partial charge in [0.15, 0.2) is 34.7 Å². The lowest BCUT2D eigenvalue weighted by atomic mass is 9.91. The van der Waals surface area contributed by atoms with Crippen LogP contribution >= 0.6 is 0 Å². The predicted molar refractivity (Wildman–Crippen MR) is 544 cm³/mol. The largest absolute Gasteiger partial charge is 0.457 e. The van der Waals surface area contributed by atoms with Gasteiger partial charge in [-0.3, -0.25) is 33.3 Å². The van der Waals surface area contributed by atoms with E-state index >= 15 is 0 Å². The lowest BCUT2D eigenvalue weighted by Gasteiger charge is -2.12. The first-order chi connectivity index (χ1) is 69.2. The summed E-state index contributed by atoms with van der Waals surface area (Å²) in [4.78, 5) is 81.7. The van der Waals surface area contributed by atoms with Gasteiger partial charge < -0.3 is 28.4 Å². The average Bonchev–Trinajstić information content (AvgIpc) is 0.793. The molecular formula is C119H84O21S4. The monoisotopic (exact) mass is 1980 g/mol. The molecule has 0 aliphatic carbocycles. The molecule has 0 radical (unpaired) electrons. The minimum absolute atomic E-state index is 0.00454. The summed E-state index contributed by atoms with van der Waals surface area (Å²) < 4.78 is 152. The Kier molecular flexibility index (Phi) is 27.7. The number of hydrogen-bond donors (Lipinski definition) is 1. The van der Waals surface area contributed by atoms with Gasteiger partial charge in [0, 0.05) is 66.8 Å². The van der Waals surface area contributed by atoms with E-state index in [4.69, 9.17) is 28.4 Å². The number of hydrogen-bond acceptors (Lipinski definition) is 20. The fraction of sp³-hybridized carbons (Fsp3) is 0.0420. The van der Waals surface area contributed by atoms with Crippen LogP contribution in [0.15, 0.2) is 453 Å². The molecular weight excluding hydrogens is 1890 g/mol. The Morgan fingerprint density at radius 2 is 0.438 bits per heavy atom. The third kappa shape index (κ3) is 22.1. The van der Waals surface area contributed by atoms with Crippen LogP contribution in [0.5, 0.6) is 69.0 Å². The third-order valence-corrected chi connectivity index (χ3v) is 30.2. The first-order valence-electron chi connectivity index (χ1n) is 45.1. The summed E-state index contributed by atoms with van der Waals surface area (Å²) in [7, 11) is -16.5. The Bertz CT molecular complexity index is 8490. The summed E-state index contributed by atoms with van der Waals surface area (Å²) >= 11 is 0. The third-order valence-electron chi connectivity index (χ3n) is 24.0. The molecule has 0 saturated carbocycles. The Morgan fingerprint density at radius 1 is 0.208 bits per heavy atom. The minimum atomic E-state index is -4.54. The number of carbonyl (C=O) groups is 6. The summed E-state index contributed by atoms with van der Waals surface area (Å²) in [5, 5.41) is 0. The maximum Gasteiger partial charge on any atom is 0.294 e. The molecule has 144 heavy (non-hydrogen) atoms. The first kappa shape index (κ1) is 96.8. The standard InChI is InChI=1S/C119H84O21S4/c1-75-8-10-77(3)111(70-75)117(123)88-29-41-95(42-30-88)137-97-45-57-103(58-46-97)141(126,127)105-61-49-99(50-62-105)139-101-53-65-107(66-54-101)143(130,131)108-67-55-102(56-68-108)140-100-51-63-106(64-52-100)142(128,129)104-59-47-98(48-60-104)138-96-43-31-89(32-44-96)118(124)112-73-80(12-11-78(112)4)72-79-13-15-82(16-14-79)114(120)84-21-33-91(34-22-84)135-93-37-25-86(26-38-93)116(122)87-27-39-94(40-28-87)136-92-35-23-85(24-36-92)115(121)83-19-17-81(18-20-83)110-69-9-76(2)71-113(110)119(125)90-6-5-7-109(74-90)144(132,133)134/h5-71,73-74H,72H2,1-4H3,(H,132,133,134). The molecule has 0 fully saturated rings. The lowest BCUT2D eigenvalue weighted by molar-refractivity contribution is 0.103. The summed E-state index contributed by atoms with van der Waals surface area (Å²) in [6.07, 6.45) is 0.484. The number of benzene rings is 18. The van der Waals surface area contributed by atoms with Crippen molar-refractivity contribution in [3.63, 3.8) is 0 Å². The van der Waals surface area contributed by atoms with Gasteiger partial charge in [0.2, 0.25) is 29.5 Å². The maximum absolute atomic E-state index is 14.1.